The Morgan fingerprint density at radius 1 is 0.884 bits per heavy atom. The van der Waals surface area contributed by atoms with Crippen molar-refractivity contribution in [2.45, 2.75) is 24.0 Å². The quantitative estimate of drug-likeness (QED) is 0.135. The van der Waals surface area contributed by atoms with Crippen LogP contribution in [0.4, 0.5) is 18.9 Å². The zero-order valence-electron chi connectivity index (χ0n) is 22.9. The number of ether oxygens (including phenoxy) is 2. The Bertz CT molecular complexity index is 1830. The fourth-order valence-corrected chi connectivity index (χ4v) is 6.15. The third-order valence-corrected chi connectivity index (χ3v) is 8.69. The molecule has 222 valence electrons. The van der Waals surface area contributed by atoms with E-state index in [1.165, 1.54) is 18.2 Å². The van der Waals surface area contributed by atoms with Gasteiger partial charge in [-0.15, -0.1) is 0 Å². The Morgan fingerprint density at radius 2 is 1.49 bits per heavy atom. The van der Waals surface area contributed by atoms with Crippen molar-refractivity contribution in [2.24, 2.45) is 0 Å². The van der Waals surface area contributed by atoms with E-state index in [9.17, 15) is 26.4 Å². The highest BCUT2D eigenvalue weighted by Crippen LogP contribution is 2.50. The van der Waals surface area contributed by atoms with Gasteiger partial charge in [0.1, 0.15) is 11.3 Å². The molecule has 6 rings (SSSR count). The van der Waals surface area contributed by atoms with Crippen molar-refractivity contribution in [2.75, 3.05) is 25.1 Å². The molecule has 0 aliphatic carbocycles. The maximum atomic E-state index is 13.4. The molecule has 0 aromatic heterocycles. The maximum absolute atomic E-state index is 13.4. The average Bonchev–Trinajstić information content (AvgIpc) is 3.56. The first-order valence-electron chi connectivity index (χ1n) is 13.5. The van der Waals surface area contributed by atoms with Gasteiger partial charge in [-0.3, -0.25) is 0 Å². The molecule has 7 nitrogen and oxygen atoms in total. The summed E-state index contributed by atoms with van der Waals surface area (Å²) in [5, 5.41) is 0.173. The van der Waals surface area contributed by atoms with E-state index in [1.54, 1.807) is 18.2 Å². The minimum Gasteiger partial charge on any atom is -0.472 e. The molecular weight excluding hydrogens is 583 g/mol. The number of nitrogens with zero attached hydrogens (tertiary/aromatic N) is 1. The van der Waals surface area contributed by atoms with Gasteiger partial charge in [0.2, 0.25) is 0 Å². The number of methoxy groups -OCH3 is 1. The number of carbonyl (C=O) groups is 1. The molecule has 1 atom stereocenters. The molecule has 2 aliphatic heterocycles. The van der Waals surface area contributed by atoms with Gasteiger partial charge in [-0.25, -0.2) is 4.79 Å². The van der Waals surface area contributed by atoms with Crippen LogP contribution in [0.15, 0.2) is 84.9 Å². The van der Waals surface area contributed by atoms with E-state index in [1.807, 2.05) is 54.6 Å². The average molecular weight is 610 g/mol. The van der Waals surface area contributed by atoms with Gasteiger partial charge in [0, 0.05) is 46.2 Å². The summed E-state index contributed by atoms with van der Waals surface area (Å²) >= 11 is 0. The molecule has 0 amide bonds. The summed E-state index contributed by atoms with van der Waals surface area (Å²) in [7, 11) is -5.09. The maximum Gasteiger partial charge on any atom is 0.534 e. The van der Waals surface area contributed by atoms with Crippen molar-refractivity contribution in [1.82, 2.24) is 0 Å². The molecule has 0 bridgehead atoms. The normalized spacial score (nSPS) is 18.3. The number of hydrogen-bond acceptors (Lipinski definition) is 7. The van der Waals surface area contributed by atoms with Crippen LogP contribution in [0.1, 0.15) is 39.9 Å². The van der Waals surface area contributed by atoms with Gasteiger partial charge in [0.15, 0.2) is 11.4 Å². The number of carbonyl (C=O) groups excluding carboxylic acids is 1. The van der Waals surface area contributed by atoms with Crippen LogP contribution in [-0.2, 0) is 20.5 Å². The van der Waals surface area contributed by atoms with Crippen LogP contribution >= 0.6 is 0 Å². The summed E-state index contributed by atoms with van der Waals surface area (Å²) in [6.45, 7) is 1.95. The lowest BCUT2D eigenvalue weighted by Gasteiger charge is -2.37. The van der Waals surface area contributed by atoms with E-state index < -0.39 is 38.5 Å². The molecule has 0 saturated carbocycles. The Hall–Kier alpha value is -4.51. The minimum atomic E-state index is -6.13. The minimum absolute atomic E-state index is 0.0261. The Balaban J connectivity index is 1.59. The monoisotopic (exact) mass is 609 g/mol. The molecule has 4 aromatic rings. The van der Waals surface area contributed by atoms with Crippen molar-refractivity contribution in [3.8, 4) is 11.5 Å². The SMILES string of the molecule is COC(=O)c1c2c(c3ccccc3c1OS(=O)(=O)C(F)(F)F)OC(c1ccccc1)(c1ccc(N3CCCC3)cc1)C=C2. The molecule has 0 spiro atoms. The van der Waals surface area contributed by atoms with Gasteiger partial charge in [-0.05, 0) is 37.1 Å². The van der Waals surface area contributed by atoms with Gasteiger partial charge in [0.05, 0.1) is 7.11 Å². The topological polar surface area (TPSA) is 82.1 Å². The second kappa shape index (κ2) is 10.6. The summed E-state index contributed by atoms with van der Waals surface area (Å²) in [5.74, 6) is -1.73. The lowest BCUT2D eigenvalue weighted by atomic mass is 9.82. The molecule has 11 heteroatoms. The van der Waals surface area contributed by atoms with E-state index >= 15 is 0 Å². The molecule has 2 heterocycles. The predicted molar refractivity (Wildman–Crippen MR) is 156 cm³/mol. The fourth-order valence-electron chi connectivity index (χ4n) is 5.67. The van der Waals surface area contributed by atoms with Crippen LogP contribution in [-0.4, -0.2) is 40.1 Å². The summed E-state index contributed by atoms with van der Waals surface area (Å²) < 4.78 is 80.8. The first-order chi connectivity index (χ1) is 20.6. The highest BCUT2D eigenvalue weighted by molar-refractivity contribution is 7.88. The van der Waals surface area contributed by atoms with Gasteiger partial charge in [-0.1, -0.05) is 66.7 Å². The third kappa shape index (κ3) is 4.87. The summed E-state index contributed by atoms with van der Waals surface area (Å²) in [4.78, 5) is 15.4. The molecule has 1 saturated heterocycles. The molecule has 1 unspecified atom stereocenters. The molecule has 1 fully saturated rings. The van der Waals surface area contributed by atoms with Crippen LogP contribution in [0, 0.1) is 0 Å². The Labute approximate surface area is 246 Å². The number of fused-ring (bicyclic) bond motifs is 3. The highest BCUT2D eigenvalue weighted by Gasteiger charge is 2.50. The molecular formula is C32H26F3NO6S. The first kappa shape index (κ1) is 28.6. The van der Waals surface area contributed by atoms with Crippen LogP contribution in [0.3, 0.4) is 0 Å². The van der Waals surface area contributed by atoms with E-state index in [-0.39, 0.29) is 22.1 Å². The first-order valence-corrected chi connectivity index (χ1v) is 14.9. The molecule has 4 aromatic carbocycles. The van der Waals surface area contributed by atoms with E-state index in [0.717, 1.165) is 49.9 Å². The number of alkyl halides is 3. The molecule has 43 heavy (non-hydrogen) atoms. The van der Waals surface area contributed by atoms with E-state index in [0.29, 0.717) is 0 Å². The van der Waals surface area contributed by atoms with Gasteiger partial charge < -0.3 is 18.6 Å². The van der Waals surface area contributed by atoms with Crippen LogP contribution in [0.5, 0.6) is 11.5 Å². The van der Waals surface area contributed by atoms with Gasteiger partial charge in [-0.2, -0.15) is 21.6 Å². The second-order valence-electron chi connectivity index (χ2n) is 10.2. The lowest BCUT2D eigenvalue weighted by Crippen LogP contribution is -2.35. The summed E-state index contributed by atoms with van der Waals surface area (Å²) in [5.41, 5.74) is -4.80. The molecule has 2 aliphatic rings. The van der Waals surface area contributed by atoms with Crippen molar-refractivity contribution in [3.63, 3.8) is 0 Å². The molecule has 0 radical (unpaired) electrons. The number of rotatable bonds is 6. The Morgan fingerprint density at radius 3 is 2.12 bits per heavy atom. The number of benzene rings is 4. The van der Waals surface area contributed by atoms with Crippen LogP contribution in [0.2, 0.25) is 0 Å². The fraction of sp³-hybridized carbons (Fsp3) is 0.219. The largest absolute Gasteiger partial charge is 0.534 e. The van der Waals surface area contributed by atoms with Crippen LogP contribution < -0.4 is 13.8 Å². The lowest BCUT2D eigenvalue weighted by molar-refractivity contribution is -0.0500. The van der Waals surface area contributed by atoms with Crippen molar-refractivity contribution in [3.05, 3.63) is 107 Å². The molecule has 0 N–H and O–H groups in total. The summed E-state index contributed by atoms with van der Waals surface area (Å²) in [6, 6.07) is 23.4. The zero-order valence-corrected chi connectivity index (χ0v) is 23.7. The van der Waals surface area contributed by atoms with Crippen molar-refractivity contribution >= 4 is 38.6 Å². The van der Waals surface area contributed by atoms with Crippen molar-refractivity contribution in [1.29, 1.82) is 0 Å². The number of anilines is 1. The number of esters is 1. The summed E-state index contributed by atoms with van der Waals surface area (Å²) in [6.07, 6.45) is 5.48. The number of hydrogen-bond donors (Lipinski definition) is 0. The van der Waals surface area contributed by atoms with Crippen LogP contribution in [0.25, 0.3) is 16.8 Å². The van der Waals surface area contributed by atoms with E-state index in [4.69, 9.17) is 9.47 Å². The van der Waals surface area contributed by atoms with Gasteiger partial charge >= 0.3 is 21.6 Å². The zero-order chi connectivity index (χ0) is 30.4. The Kier molecular flexibility index (Phi) is 7.08. The number of halogens is 3. The second-order valence-corrected chi connectivity index (χ2v) is 11.8. The van der Waals surface area contributed by atoms with E-state index in [2.05, 4.69) is 9.08 Å². The van der Waals surface area contributed by atoms with Gasteiger partial charge in [0.25, 0.3) is 0 Å². The predicted octanol–water partition coefficient (Wildman–Crippen LogP) is 6.80. The van der Waals surface area contributed by atoms with Crippen molar-refractivity contribution < 1.29 is 40.0 Å². The standard InChI is InChI=1S/C32H26F3NO6S/c1-40-30(37)27-26-17-18-31(21-9-3-2-4-10-21,22-13-15-23(16-14-22)36-19-7-8-20-36)41-28(26)24-11-5-6-12-25(24)29(27)42-43(38,39)32(33,34)35/h2-6,9-18H,7-8,19-20H2,1H3. The highest BCUT2D eigenvalue weighted by atomic mass is 32.2. The third-order valence-electron chi connectivity index (χ3n) is 7.74. The smallest absolute Gasteiger partial charge is 0.472 e.